The number of rotatable bonds is 1. The summed E-state index contributed by atoms with van der Waals surface area (Å²) < 4.78 is 0.953. The summed E-state index contributed by atoms with van der Waals surface area (Å²) in [6, 6.07) is 6.54. The number of aryl methyl sites for hydroxylation is 3. The van der Waals surface area contributed by atoms with Gasteiger partial charge in [-0.25, -0.2) is 4.98 Å². The molecule has 3 heteroatoms. The van der Waals surface area contributed by atoms with Crippen molar-refractivity contribution >= 4 is 27.3 Å². The van der Waals surface area contributed by atoms with Crippen LogP contribution in [-0.2, 0) is 0 Å². The molecule has 0 spiro atoms. The van der Waals surface area contributed by atoms with Gasteiger partial charge < -0.3 is 0 Å². The van der Waals surface area contributed by atoms with E-state index in [1.807, 2.05) is 0 Å². The lowest BCUT2D eigenvalue weighted by atomic mass is 10.0. The molecule has 1 nitrogen and oxygen atoms in total. The molecule has 0 bridgehead atoms. The van der Waals surface area contributed by atoms with Gasteiger partial charge in [0.25, 0.3) is 0 Å². The fraction of sp³-hybridized carbons (Fsp3) is 0.250. The van der Waals surface area contributed by atoms with Crippen LogP contribution >= 0.6 is 27.3 Å². The monoisotopic (exact) mass is 281 g/mol. The molecule has 2 rings (SSSR count). The van der Waals surface area contributed by atoms with Gasteiger partial charge in [-0.1, -0.05) is 17.2 Å². The van der Waals surface area contributed by atoms with Crippen LogP contribution in [-0.4, -0.2) is 4.98 Å². The van der Waals surface area contributed by atoms with Crippen molar-refractivity contribution in [2.75, 3.05) is 0 Å². The van der Waals surface area contributed by atoms with E-state index in [1.54, 1.807) is 11.3 Å². The van der Waals surface area contributed by atoms with Gasteiger partial charge in [0.2, 0.25) is 0 Å². The Morgan fingerprint density at radius 1 is 1.07 bits per heavy atom. The summed E-state index contributed by atoms with van der Waals surface area (Å²) in [6.45, 7) is 6.34. The van der Waals surface area contributed by atoms with Crippen LogP contribution in [0.1, 0.15) is 16.0 Å². The zero-order valence-electron chi connectivity index (χ0n) is 8.97. The van der Waals surface area contributed by atoms with Crippen LogP contribution in [0.15, 0.2) is 22.1 Å². The molecule has 0 atom stereocenters. The Labute approximate surface area is 102 Å². The van der Waals surface area contributed by atoms with Gasteiger partial charge in [0, 0.05) is 10.4 Å². The SMILES string of the molecule is Cc1cc(C)cc(-c2nc(Br)sc2C)c1. The van der Waals surface area contributed by atoms with Crippen LogP contribution in [0, 0.1) is 20.8 Å². The molecule has 78 valence electrons. The van der Waals surface area contributed by atoms with Crippen LogP contribution in [0.4, 0.5) is 0 Å². The predicted molar refractivity (Wildman–Crippen MR) is 69.5 cm³/mol. The van der Waals surface area contributed by atoms with E-state index in [9.17, 15) is 0 Å². The zero-order chi connectivity index (χ0) is 11.0. The highest BCUT2D eigenvalue weighted by atomic mass is 79.9. The van der Waals surface area contributed by atoms with Crippen LogP contribution in [0.5, 0.6) is 0 Å². The molecule has 0 saturated heterocycles. The summed E-state index contributed by atoms with van der Waals surface area (Å²) in [5, 5.41) is 0. The standard InChI is InChI=1S/C12H12BrNS/c1-7-4-8(2)6-10(5-7)11-9(3)15-12(13)14-11/h4-6H,1-3H3. The van der Waals surface area contributed by atoms with Crippen molar-refractivity contribution in [1.29, 1.82) is 0 Å². The minimum Gasteiger partial charge on any atom is -0.229 e. The summed E-state index contributed by atoms with van der Waals surface area (Å²) in [5.41, 5.74) is 4.88. The minimum atomic E-state index is 0.953. The summed E-state index contributed by atoms with van der Waals surface area (Å²) in [7, 11) is 0. The van der Waals surface area contributed by atoms with E-state index in [4.69, 9.17) is 0 Å². The van der Waals surface area contributed by atoms with E-state index in [0.29, 0.717) is 0 Å². The van der Waals surface area contributed by atoms with Crippen LogP contribution < -0.4 is 0 Å². The first-order valence-electron chi connectivity index (χ1n) is 4.78. The van der Waals surface area contributed by atoms with Crippen LogP contribution in [0.3, 0.4) is 0 Å². The second-order valence-corrected chi connectivity index (χ2v) is 6.23. The van der Waals surface area contributed by atoms with Gasteiger partial charge in [0.15, 0.2) is 3.92 Å². The lowest BCUT2D eigenvalue weighted by molar-refractivity contribution is 1.31. The fourth-order valence-corrected chi connectivity index (χ4v) is 3.30. The number of thiazole rings is 1. The molecule has 15 heavy (non-hydrogen) atoms. The maximum Gasteiger partial charge on any atom is 0.160 e. The Kier molecular flexibility index (Phi) is 2.94. The largest absolute Gasteiger partial charge is 0.229 e. The molecule has 0 radical (unpaired) electrons. The third kappa shape index (κ3) is 2.29. The summed E-state index contributed by atoms with van der Waals surface area (Å²) in [4.78, 5) is 5.75. The van der Waals surface area contributed by atoms with Gasteiger partial charge in [-0.2, -0.15) is 0 Å². The Balaban J connectivity index is 2.58. The number of nitrogens with zero attached hydrogens (tertiary/aromatic N) is 1. The van der Waals surface area contributed by atoms with E-state index in [0.717, 1.165) is 9.61 Å². The van der Waals surface area contributed by atoms with Crippen molar-refractivity contribution < 1.29 is 0 Å². The third-order valence-corrected chi connectivity index (χ3v) is 3.69. The molecule has 0 fully saturated rings. The Hall–Kier alpha value is -0.670. The van der Waals surface area contributed by atoms with Crippen LogP contribution in [0.25, 0.3) is 11.3 Å². The molecule has 2 aromatic rings. The number of hydrogen-bond donors (Lipinski definition) is 0. The van der Waals surface area contributed by atoms with Crippen molar-refractivity contribution in [1.82, 2.24) is 4.98 Å². The highest BCUT2D eigenvalue weighted by molar-refractivity contribution is 9.11. The molecule has 0 aliphatic heterocycles. The Morgan fingerprint density at radius 3 is 2.13 bits per heavy atom. The number of halogens is 1. The minimum absolute atomic E-state index is 0.953. The lowest BCUT2D eigenvalue weighted by Crippen LogP contribution is -1.84. The summed E-state index contributed by atoms with van der Waals surface area (Å²) in [5.74, 6) is 0. The van der Waals surface area contributed by atoms with E-state index in [1.165, 1.54) is 21.6 Å². The topological polar surface area (TPSA) is 12.9 Å². The van der Waals surface area contributed by atoms with Crippen molar-refractivity contribution in [2.45, 2.75) is 20.8 Å². The lowest BCUT2D eigenvalue weighted by Gasteiger charge is -2.02. The first-order valence-corrected chi connectivity index (χ1v) is 6.39. The fourth-order valence-electron chi connectivity index (χ4n) is 1.74. The predicted octanol–water partition coefficient (Wildman–Crippen LogP) is 4.50. The quantitative estimate of drug-likeness (QED) is 0.750. The third-order valence-electron chi connectivity index (χ3n) is 2.27. The second-order valence-electron chi connectivity index (χ2n) is 3.75. The first kappa shape index (κ1) is 10.8. The molecule has 0 aliphatic carbocycles. The van der Waals surface area contributed by atoms with Crippen molar-refractivity contribution in [3.63, 3.8) is 0 Å². The van der Waals surface area contributed by atoms with E-state index >= 15 is 0 Å². The Morgan fingerprint density at radius 2 is 1.67 bits per heavy atom. The van der Waals surface area contributed by atoms with Crippen molar-refractivity contribution in [2.24, 2.45) is 0 Å². The Bertz CT molecular complexity index is 482. The van der Waals surface area contributed by atoms with Gasteiger partial charge >= 0.3 is 0 Å². The van der Waals surface area contributed by atoms with Gasteiger partial charge in [-0.05, 0) is 48.8 Å². The molecular weight excluding hydrogens is 270 g/mol. The highest BCUT2D eigenvalue weighted by Gasteiger charge is 2.08. The molecule has 0 unspecified atom stereocenters. The molecule has 0 aliphatic rings. The number of benzene rings is 1. The van der Waals surface area contributed by atoms with Gasteiger partial charge in [0.05, 0.1) is 5.69 Å². The van der Waals surface area contributed by atoms with E-state index < -0.39 is 0 Å². The van der Waals surface area contributed by atoms with Gasteiger partial charge in [-0.3, -0.25) is 0 Å². The highest BCUT2D eigenvalue weighted by Crippen LogP contribution is 2.31. The van der Waals surface area contributed by atoms with Gasteiger partial charge in [0.1, 0.15) is 0 Å². The van der Waals surface area contributed by atoms with E-state index in [2.05, 4.69) is 59.9 Å². The smallest absolute Gasteiger partial charge is 0.160 e. The zero-order valence-corrected chi connectivity index (χ0v) is 11.4. The normalized spacial score (nSPS) is 10.7. The number of aromatic nitrogens is 1. The summed E-state index contributed by atoms with van der Waals surface area (Å²) in [6.07, 6.45) is 0. The maximum atomic E-state index is 4.50. The van der Waals surface area contributed by atoms with Crippen molar-refractivity contribution in [3.8, 4) is 11.3 Å². The molecule has 1 heterocycles. The average Bonchev–Trinajstić information content (AvgIpc) is 2.43. The molecule has 1 aromatic heterocycles. The van der Waals surface area contributed by atoms with Gasteiger partial charge in [-0.15, -0.1) is 11.3 Å². The summed E-state index contributed by atoms with van der Waals surface area (Å²) >= 11 is 5.11. The average molecular weight is 282 g/mol. The van der Waals surface area contributed by atoms with Crippen molar-refractivity contribution in [3.05, 3.63) is 38.1 Å². The molecule has 0 N–H and O–H groups in total. The van der Waals surface area contributed by atoms with E-state index in [-0.39, 0.29) is 0 Å². The van der Waals surface area contributed by atoms with Crippen LogP contribution in [0.2, 0.25) is 0 Å². The first-order chi connectivity index (χ1) is 7.06. The second kappa shape index (κ2) is 4.06. The molecule has 0 amide bonds. The number of hydrogen-bond acceptors (Lipinski definition) is 2. The molecule has 1 aromatic carbocycles. The molecule has 0 saturated carbocycles. The molecular formula is C12H12BrNS. The maximum absolute atomic E-state index is 4.50.